The highest BCUT2D eigenvalue weighted by atomic mass is 16.1. The van der Waals surface area contributed by atoms with E-state index in [1.54, 1.807) is 6.20 Å². The van der Waals surface area contributed by atoms with Crippen LogP contribution in [0.15, 0.2) is 72.9 Å². The summed E-state index contributed by atoms with van der Waals surface area (Å²) in [7, 11) is 0. The molecule has 4 nitrogen and oxygen atoms in total. The van der Waals surface area contributed by atoms with E-state index < -0.39 is 0 Å². The second-order valence-corrected chi connectivity index (χ2v) is 9.27. The van der Waals surface area contributed by atoms with Crippen LogP contribution in [0.25, 0.3) is 0 Å². The Morgan fingerprint density at radius 2 is 1.84 bits per heavy atom. The summed E-state index contributed by atoms with van der Waals surface area (Å²) in [6.07, 6.45) is 5.75. The summed E-state index contributed by atoms with van der Waals surface area (Å²) in [5.74, 6) is 2.65. The summed E-state index contributed by atoms with van der Waals surface area (Å²) in [4.78, 5) is 17.2. The van der Waals surface area contributed by atoms with Gasteiger partial charge in [-0.3, -0.25) is 9.78 Å². The molecule has 156 valence electrons. The van der Waals surface area contributed by atoms with Crippen LogP contribution in [0.3, 0.4) is 0 Å². The molecule has 2 aliphatic carbocycles. The van der Waals surface area contributed by atoms with Crippen LogP contribution in [0.2, 0.25) is 0 Å². The molecule has 2 saturated carbocycles. The molecule has 1 aliphatic heterocycles. The van der Waals surface area contributed by atoms with Crippen molar-refractivity contribution in [1.29, 1.82) is 0 Å². The third-order valence-corrected chi connectivity index (χ3v) is 7.66. The normalized spacial score (nSPS) is 27.8. The molecule has 1 aromatic heterocycles. The molecule has 2 fully saturated rings. The van der Waals surface area contributed by atoms with Crippen molar-refractivity contribution < 1.29 is 4.79 Å². The fourth-order valence-corrected chi connectivity index (χ4v) is 6.39. The molecule has 2 bridgehead atoms. The van der Waals surface area contributed by atoms with Gasteiger partial charge in [0.05, 0.1) is 18.3 Å². The zero-order valence-electron chi connectivity index (χ0n) is 17.5. The first kappa shape index (κ1) is 18.6. The molecule has 3 aromatic rings. The summed E-state index contributed by atoms with van der Waals surface area (Å²) in [5, 5.41) is 6.88. The van der Waals surface area contributed by atoms with Crippen molar-refractivity contribution in [2.75, 3.05) is 5.32 Å². The maximum Gasteiger partial charge on any atom is 0.251 e. The third-order valence-electron chi connectivity index (χ3n) is 7.66. The van der Waals surface area contributed by atoms with Gasteiger partial charge in [0, 0.05) is 17.4 Å². The summed E-state index contributed by atoms with van der Waals surface area (Å²) in [5.41, 5.74) is 5.54. The van der Waals surface area contributed by atoms with Gasteiger partial charge >= 0.3 is 0 Å². The van der Waals surface area contributed by atoms with Crippen molar-refractivity contribution in [3.8, 4) is 0 Å². The van der Waals surface area contributed by atoms with Gasteiger partial charge in [-0.05, 0) is 84.4 Å². The highest BCUT2D eigenvalue weighted by molar-refractivity contribution is 5.95. The van der Waals surface area contributed by atoms with E-state index in [4.69, 9.17) is 0 Å². The predicted molar refractivity (Wildman–Crippen MR) is 122 cm³/mol. The van der Waals surface area contributed by atoms with Crippen LogP contribution in [0, 0.1) is 17.8 Å². The minimum Gasteiger partial charge on any atom is -0.378 e. The summed E-state index contributed by atoms with van der Waals surface area (Å²) in [6.45, 7) is 0.446. The molecule has 2 heterocycles. The Kier molecular flexibility index (Phi) is 4.52. The van der Waals surface area contributed by atoms with E-state index in [0.29, 0.717) is 24.4 Å². The number of nitrogens with zero attached hydrogens (tertiary/aromatic N) is 1. The Bertz CT molecular complexity index is 1100. The number of amides is 1. The molecule has 0 radical (unpaired) electrons. The fourth-order valence-electron chi connectivity index (χ4n) is 6.39. The van der Waals surface area contributed by atoms with Gasteiger partial charge in [-0.25, -0.2) is 0 Å². The quantitative estimate of drug-likeness (QED) is 0.614. The Balaban J connectivity index is 1.30. The van der Waals surface area contributed by atoms with Crippen molar-refractivity contribution in [2.45, 2.75) is 37.8 Å². The zero-order valence-corrected chi connectivity index (χ0v) is 17.5. The summed E-state index contributed by atoms with van der Waals surface area (Å²) < 4.78 is 0. The van der Waals surface area contributed by atoms with E-state index in [9.17, 15) is 4.79 Å². The topological polar surface area (TPSA) is 54.0 Å². The molecule has 3 aliphatic rings. The monoisotopic (exact) mass is 409 g/mol. The Hall–Kier alpha value is -3.14. The number of aromatic nitrogens is 1. The summed E-state index contributed by atoms with van der Waals surface area (Å²) in [6, 6.07) is 23.2. The first-order chi connectivity index (χ1) is 15.3. The Morgan fingerprint density at radius 1 is 1.00 bits per heavy atom. The maximum absolute atomic E-state index is 12.9. The molecule has 0 spiro atoms. The average Bonchev–Trinajstić information content (AvgIpc) is 3.46. The number of hydrogen-bond acceptors (Lipinski definition) is 3. The number of fused-ring (bicyclic) bond motifs is 7. The van der Waals surface area contributed by atoms with Gasteiger partial charge in [0.25, 0.3) is 5.91 Å². The Labute approximate surface area is 183 Å². The molecule has 4 heteroatoms. The first-order valence-electron chi connectivity index (χ1n) is 11.4. The van der Waals surface area contributed by atoms with Gasteiger partial charge in [-0.2, -0.15) is 0 Å². The molecule has 31 heavy (non-hydrogen) atoms. The number of carbonyl (C=O) groups is 1. The van der Waals surface area contributed by atoms with Gasteiger partial charge in [-0.15, -0.1) is 0 Å². The SMILES string of the molecule is O=C(NCc1ccccn1)c1ccc2c(c1)[C@H]1[C@H]3CC[C@@H](C3)[C@H]1[C@@H](c1ccccc1)N2. The molecule has 6 rings (SSSR count). The van der Waals surface area contributed by atoms with E-state index in [2.05, 4.69) is 58.1 Å². The van der Waals surface area contributed by atoms with E-state index in [1.807, 2.05) is 24.3 Å². The van der Waals surface area contributed by atoms with Gasteiger partial charge in [-0.1, -0.05) is 36.4 Å². The number of benzene rings is 2. The molecule has 1 amide bonds. The number of rotatable bonds is 4. The van der Waals surface area contributed by atoms with Crippen LogP contribution >= 0.6 is 0 Å². The lowest BCUT2D eigenvalue weighted by Crippen LogP contribution is -2.35. The van der Waals surface area contributed by atoms with E-state index in [1.165, 1.54) is 36.1 Å². The van der Waals surface area contributed by atoms with Crippen molar-refractivity contribution in [3.05, 3.63) is 95.3 Å². The fraction of sp³-hybridized carbons (Fsp3) is 0.333. The minimum atomic E-state index is -0.0293. The van der Waals surface area contributed by atoms with Gasteiger partial charge in [0.2, 0.25) is 0 Å². The van der Waals surface area contributed by atoms with Crippen molar-refractivity contribution >= 4 is 11.6 Å². The van der Waals surface area contributed by atoms with Crippen LogP contribution in [-0.4, -0.2) is 10.9 Å². The van der Waals surface area contributed by atoms with Crippen LogP contribution < -0.4 is 10.6 Å². The molecule has 2 N–H and O–H groups in total. The molecule has 2 aromatic carbocycles. The van der Waals surface area contributed by atoms with E-state index in [-0.39, 0.29) is 5.91 Å². The molecule has 5 atom stereocenters. The van der Waals surface area contributed by atoms with Crippen molar-refractivity contribution in [3.63, 3.8) is 0 Å². The maximum atomic E-state index is 12.9. The highest BCUT2D eigenvalue weighted by Crippen LogP contribution is 2.63. The second-order valence-electron chi connectivity index (χ2n) is 9.27. The lowest BCUT2D eigenvalue weighted by molar-refractivity contribution is 0.0950. The number of pyridine rings is 1. The lowest BCUT2D eigenvalue weighted by Gasteiger charge is -2.43. The number of carbonyl (C=O) groups excluding carboxylic acids is 1. The van der Waals surface area contributed by atoms with Gasteiger partial charge in [0.15, 0.2) is 0 Å². The minimum absolute atomic E-state index is 0.0293. The van der Waals surface area contributed by atoms with Crippen LogP contribution in [-0.2, 0) is 6.54 Å². The molecule has 0 unspecified atom stereocenters. The van der Waals surface area contributed by atoms with E-state index in [0.717, 1.165) is 23.1 Å². The van der Waals surface area contributed by atoms with Crippen LogP contribution in [0.1, 0.15) is 58.4 Å². The van der Waals surface area contributed by atoms with Gasteiger partial charge in [0.1, 0.15) is 0 Å². The Morgan fingerprint density at radius 3 is 2.68 bits per heavy atom. The number of nitrogens with one attached hydrogen (secondary N) is 2. The molecular weight excluding hydrogens is 382 g/mol. The predicted octanol–water partition coefficient (Wildman–Crippen LogP) is 5.31. The molecule has 0 saturated heterocycles. The lowest BCUT2D eigenvalue weighted by atomic mass is 9.68. The smallest absolute Gasteiger partial charge is 0.251 e. The third kappa shape index (κ3) is 3.21. The van der Waals surface area contributed by atoms with Crippen LogP contribution in [0.5, 0.6) is 0 Å². The van der Waals surface area contributed by atoms with Crippen molar-refractivity contribution in [1.82, 2.24) is 10.3 Å². The average molecular weight is 410 g/mol. The largest absolute Gasteiger partial charge is 0.378 e. The number of hydrogen-bond donors (Lipinski definition) is 2. The van der Waals surface area contributed by atoms with Crippen molar-refractivity contribution in [2.24, 2.45) is 17.8 Å². The standard InChI is InChI=1S/C27H27N3O/c31-27(29-16-21-8-4-5-13-28-21)20-11-12-23-22(15-20)24-18-9-10-19(14-18)25(24)26(30-23)17-6-2-1-3-7-17/h1-8,11-13,15,18-19,24-26,30H,9-10,14,16H2,(H,29,31)/t18-,19-,24+,25+,26+/m0/s1. The molecular formula is C27H27N3O. The van der Waals surface area contributed by atoms with E-state index >= 15 is 0 Å². The van der Waals surface area contributed by atoms with Crippen LogP contribution in [0.4, 0.5) is 5.69 Å². The zero-order chi connectivity index (χ0) is 20.8. The highest BCUT2D eigenvalue weighted by Gasteiger charge is 2.53. The first-order valence-corrected chi connectivity index (χ1v) is 11.4. The summed E-state index contributed by atoms with van der Waals surface area (Å²) >= 11 is 0. The van der Waals surface area contributed by atoms with Gasteiger partial charge < -0.3 is 10.6 Å². The second kappa shape index (κ2) is 7.52. The number of anilines is 1.